The Hall–Kier alpha value is -2.70. The summed E-state index contributed by atoms with van der Waals surface area (Å²) in [7, 11) is 0. The number of benzene rings is 1. The number of carbonyl (C=O) groups is 2. The van der Waals surface area contributed by atoms with E-state index in [0.29, 0.717) is 30.8 Å². The van der Waals surface area contributed by atoms with E-state index < -0.39 is 11.4 Å². The number of nitrogens with zero attached hydrogens (tertiary/aromatic N) is 3. The molecular formula is C20H22FN3O3. The summed E-state index contributed by atoms with van der Waals surface area (Å²) in [4.78, 5) is 26.4. The topological polar surface area (TPSA) is 75.4 Å². The van der Waals surface area contributed by atoms with Gasteiger partial charge in [-0.3, -0.25) is 9.59 Å². The fourth-order valence-corrected chi connectivity index (χ4v) is 4.17. The van der Waals surface area contributed by atoms with Crippen molar-refractivity contribution in [3.05, 3.63) is 47.0 Å². The Morgan fingerprint density at radius 2 is 2.07 bits per heavy atom. The molecule has 0 radical (unpaired) electrons. The molecule has 7 heteroatoms. The Labute approximate surface area is 156 Å². The zero-order chi connectivity index (χ0) is 19.2. The van der Waals surface area contributed by atoms with Crippen molar-refractivity contribution in [2.75, 3.05) is 13.1 Å². The SMILES string of the molecule is CC1(C(=O)O)CCCN(C(=O)c2nn(-c3cccc(F)c3)c3c2CCC3)C1. The lowest BCUT2D eigenvalue weighted by Crippen LogP contribution is -2.48. The van der Waals surface area contributed by atoms with Crippen LogP contribution in [0.5, 0.6) is 0 Å². The molecule has 1 atom stereocenters. The van der Waals surface area contributed by atoms with Crippen LogP contribution in [0.3, 0.4) is 0 Å². The summed E-state index contributed by atoms with van der Waals surface area (Å²) in [5.41, 5.74) is 1.90. The van der Waals surface area contributed by atoms with E-state index in [1.165, 1.54) is 12.1 Å². The van der Waals surface area contributed by atoms with Crippen LogP contribution in [0.25, 0.3) is 5.69 Å². The van der Waals surface area contributed by atoms with Gasteiger partial charge in [-0.2, -0.15) is 5.10 Å². The second-order valence-corrected chi connectivity index (χ2v) is 7.72. The van der Waals surface area contributed by atoms with Gasteiger partial charge in [-0.05, 0) is 57.2 Å². The van der Waals surface area contributed by atoms with Gasteiger partial charge < -0.3 is 10.0 Å². The van der Waals surface area contributed by atoms with Gasteiger partial charge in [-0.25, -0.2) is 9.07 Å². The summed E-state index contributed by atoms with van der Waals surface area (Å²) in [6.45, 7) is 2.40. The number of halogens is 1. The average molecular weight is 371 g/mol. The van der Waals surface area contributed by atoms with Crippen LogP contribution in [-0.2, 0) is 17.6 Å². The van der Waals surface area contributed by atoms with Crippen LogP contribution in [0.1, 0.15) is 47.9 Å². The highest BCUT2D eigenvalue weighted by atomic mass is 19.1. The molecule has 1 aliphatic carbocycles. The molecular weight excluding hydrogens is 349 g/mol. The lowest BCUT2D eigenvalue weighted by Gasteiger charge is -2.37. The van der Waals surface area contributed by atoms with Gasteiger partial charge in [0.1, 0.15) is 5.82 Å². The molecule has 0 bridgehead atoms. The standard InChI is InChI=1S/C20H22FN3O3/c1-20(19(26)27)9-4-10-23(12-20)18(25)17-15-7-3-8-16(15)24(22-17)14-6-2-5-13(21)11-14/h2,5-6,11H,3-4,7-10,12H2,1H3,(H,26,27). The molecule has 1 amide bonds. The minimum atomic E-state index is -0.928. The number of hydrogen-bond donors (Lipinski definition) is 1. The zero-order valence-corrected chi connectivity index (χ0v) is 15.2. The summed E-state index contributed by atoms with van der Waals surface area (Å²) in [6.07, 6.45) is 3.69. The second-order valence-electron chi connectivity index (χ2n) is 7.72. The van der Waals surface area contributed by atoms with Crippen LogP contribution in [-0.4, -0.2) is 44.8 Å². The molecule has 6 nitrogen and oxygen atoms in total. The lowest BCUT2D eigenvalue weighted by atomic mass is 9.82. The molecule has 0 spiro atoms. The Morgan fingerprint density at radius 3 is 2.81 bits per heavy atom. The predicted octanol–water partition coefficient (Wildman–Crippen LogP) is 2.83. The maximum atomic E-state index is 13.7. The second kappa shape index (κ2) is 6.48. The van der Waals surface area contributed by atoms with Gasteiger partial charge in [0.25, 0.3) is 5.91 Å². The maximum Gasteiger partial charge on any atom is 0.311 e. The summed E-state index contributed by atoms with van der Waals surface area (Å²) in [5, 5.41) is 14.0. The Morgan fingerprint density at radius 1 is 1.26 bits per heavy atom. The third-order valence-electron chi connectivity index (χ3n) is 5.69. The number of amides is 1. The molecule has 1 aromatic carbocycles. The first-order valence-corrected chi connectivity index (χ1v) is 9.28. The van der Waals surface area contributed by atoms with E-state index in [2.05, 4.69) is 5.10 Å². The van der Waals surface area contributed by atoms with Crippen LogP contribution in [0.4, 0.5) is 4.39 Å². The van der Waals surface area contributed by atoms with Crippen molar-refractivity contribution in [1.29, 1.82) is 0 Å². The third kappa shape index (κ3) is 3.01. The van der Waals surface area contributed by atoms with Crippen LogP contribution in [0, 0.1) is 11.2 Å². The maximum absolute atomic E-state index is 13.7. The van der Waals surface area contributed by atoms with Gasteiger partial charge in [0.2, 0.25) is 0 Å². The van der Waals surface area contributed by atoms with Crippen LogP contribution in [0.2, 0.25) is 0 Å². The van der Waals surface area contributed by atoms with Gasteiger partial charge in [0.15, 0.2) is 5.69 Å². The molecule has 0 saturated carbocycles. The van der Waals surface area contributed by atoms with E-state index in [-0.39, 0.29) is 18.3 Å². The van der Waals surface area contributed by atoms with E-state index in [1.807, 2.05) is 0 Å². The molecule has 2 heterocycles. The minimum absolute atomic E-state index is 0.183. The normalized spacial score (nSPS) is 21.9. The van der Waals surface area contributed by atoms with Crippen molar-refractivity contribution in [2.45, 2.75) is 39.0 Å². The summed E-state index contributed by atoms with van der Waals surface area (Å²) in [6, 6.07) is 6.17. The van der Waals surface area contributed by atoms with Crippen LogP contribution in [0.15, 0.2) is 24.3 Å². The molecule has 2 aliphatic rings. The monoisotopic (exact) mass is 371 g/mol. The highest BCUT2D eigenvalue weighted by Gasteiger charge is 2.41. The Kier molecular flexibility index (Phi) is 4.25. The number of carboxylic acid groups (broad SMARTS) is 1. The van der Waals surface area contributed by atoms with Gasteiger partial charge >= 0.3 is 5.97 Å². The minimum Gasteiger partial charge on any atom is -0.481 e. The molecule has 4 rings (SSSR count). The molecule has 142 valence electrons. The van der Waals surface area contributed by atoms with E-state index in [0.717, 1.165) is 30.5 Å². The number of fused-ring (bicyclic) bond motifs is 1. The highest BCUT2D eigenvalue weighted by molar-refractivity contribution is 5.95. The molecule has 1 unspecified atom stereocenters. The van der Waals surface area contributed by atoms with Gasteiger partial charge in [-0.1, -0.05) is 6.07 Å². The number of carboxylic acids is 1. The number of likely N-dealkylation sites (tertiary alicyclic amines) is 1. The van der Waals surface area contributed by atoms with Crippen LogP contribution < -0.4 is 0 Å². The number of piperidine rings is 1. The molecule has 1 aromatic heterocycles. The van der Waals surface area contributed by atoms with Crippen LogP contribution >= 0.6 is 0 Å². The number of hydrogen-bond acceptors (Lipinski definition) is 3. The van der Waals surface area contributed by atoms with Gasteiger partial charge in [0.05, 0.1) is 11.1 Å². The number of aliphatic carboxylic acids is 1. The first kappa shape index (κ1) is 17.7. The average Bonchev–Trinajstić information content (AvgIpc) is 3.23. The van der Waals surface area contributed by atoms with Crippen molar-refractivity contribution in [2.24, 2.45) is 5.41 Å². The van der Waals surface area contributed by atoms with Gasteiger partial charge in [0, 0.05) is 24.3 Å². The lowest BCUT2D eigenvalue weighted by molar-refractivity contribution is -0.150. The largest absolute Gasteiger partial charge is 0.481 e. The summed E-state index contributed by atoms with van der Waals surface area (Å²) >= 11 is 0. The van der Waals surface area contributed by atoms with E-state index in [1.54, 1.807) is 28.6 Å². The summed E-state index contributed by atoms with van der Waals surface area (Å²) in [5.74, 6) is -1.46. The van der Waals surface area contributed by atoms with Crippen molar-refractivity contribution >= 4 is 11.9 Å². The molecule has 2 aromatic rings. The Bertz CT molecular complexity index is 923. The van der Waals surface area contributed by atoms with Crippen molar-refractivity contribution < 1.29 is 19.1 Å². The van der Waals surface area contributed by atoms with Crippen molar-refractivity contribution in [1.82, 2.24) is 14.7 Å². The summed E-state index contributed by atoms with van der Waals surface area (Å²) < 4.78 is 15.3. The Balaban J connectivity index is 1.69. The number of aromatic nitrogens is 2. The first-order chi connectivity index (χ1) is 12.9. The smallest absolute Gasteiger partial charge is 0.311 e. The fraction of sp³-hybridized carbons (Fsp3) is 0.450. The quantitative estimate of drug-likeness (QED) is 0.900. The zero-order valence-electron chi connectivity index (χ0n) is 15.2. The third-order valence-corrected chi connectivity index (χ3v) is 5.69. The van der Waals surface area contributed by atoms with E-state index in [9.17, 15) is 19.1 Å². The van der Waals surface area contributed by atoms with Crippen molar-refractivity contribution in [3.8, 4) is 5.69 Å². The highest BCUT2D eigenvalue weighted by Crippen LogP contribution is 2.33. The first-order valence-electron chi connectivity index (χ1n) is 9.28. The van der Waals surface area contributed by atoms with E-state index in [4.69, 9.17) is 0 Å². The number of rotatable bonds is 3. The van der Waals surface area contributed by atoms with Crippen molar-refractivity contribution in [3.63, 3.8) is 0 Å². The molecule has 1 saturated heterocycles. The predicted molar refractivity (Wildman–Crippen MR) is 96.4 cm³/mol. The number of carbonyl (C=O) groups excluding carboxylic acids is 1. The fourth-order valence-electron chi connectivity index (χ4n) is 4.17. The van der Waals surface area contributed by atoms with E-state index >= 15 is 0 Å². The van der Waals surface area contributed by atoms with Gasteiger partial charge in [-0.15, -0.1) is 0 Å². The molecule has 27 heavy (non-hydrogen) atoms. The molecule has 1 fully saturated rings. The molecule has 1 aliphatic heterocycles. The molecule has 1 N–H and O–H groups in total.